The summed E-state index contributed by atoms with van der Waals surface area (Å²) in [5.41, 5.74) is 7.44. The molecule has 0 saturated carbocycles. The first-order valence-electron chi connectivity index (χ1n) is 7.95. The van der Waals surface area contributed by atoms with Gasteiger partial charge in [-0.2, -0.15) is 0 Å². The van der Waals surface area contributed by atoms with Crippen LogP contribution in [0, 0.1) is 0 Å². The Labute approximate surface area is 155 Å². The number of hydrogen-bond acceptors (Lipinski definition) is 4. The molecule has 0 aromatic heterocycles. The van der Waals surface area contributed by atoms with Crippen LogP contribution < -0.4 is 15.2 Å². The summed E-state index contributed by atoms with van der Waals surface area (Å²) in [6.45, 7) is 1.56. The number of hydrogen-bond donors (Lipinski definition) is 1. The summed E-state index contributed by atoms with van der Waals surface area (Å²) in [7, 11) is 3.12. The van der Waals surface area contributed by atoms with Crippen molar-refractivity contribution < 1.29 is 14.3 Å². The second-order valence-corrected chi connectivity index (χ2v) is 5.39. The number of ether oxygens (including phenoxy) is 2. The van der Waals surface area contributed by atoms with Crippen molar-refractivity contribution in [2.24, 2.45) is 5.73 Å². The van der Waals surface area contributed by atoms with Gasteiger partial charge in [0.05, 0.1) is 14.2 Å². The predicted octanol–water partition coefficient (Wildman–Crippen LogP) is 2.77. The number of rotatable bonds is 8. The summed E-state index contributed by atoms with van der Waals surface area (Å²) in [5, 5.41) is 0. The third-order valence-corrected chi connectivity index (χ3v) is 3.83. The third kappa shape index (κ3) is 5.66. The molecule has 25 heavy (non-hydrogen) atoms. The number of amides is 1. The van der Waals surface area contributed by atoms with Crippen molar-refractivity contribution in [2.45, 2.75) is 6.42 Å². The molecule has 1 amide bonds. The fourth-order valence-electron chi connectivity index (χ4n) is 2.53. The minimum absolute atomic E-state index is 0. The Morgan fingerprint density at radius 2 is 1.68 bits per heavy atom. The lowest BCUT2D eigenvalue weighted by molar-refractivity contribution is 0.0761. The van der Waals surface area contributed by atoms with E-state index in [0.29, 0.717) is 36.7 Å². The molecular formula is C19H25ClN2O3. The van der Waals surface area contributed by atoms with Crippen LogP contribution in [0.15, 0.2) is 48.5 Å². The maximum absolute atomic E-state index is 12.8. The van der Waals surface area contributed by atoms with E-state index in [1.807, 2.05) is 18.2 Å². The van der Waals surface area contributed by atoms with Crippen molar-refractivity contribution in [2.75, 3.05) is 33.9 Å². The first-order chi connectivity index (χ1) is 11.7. The molecule has 0 radical (unpaired) electrons. The van der Waals surface area contributed by atoms with Crippen molar-refractivity contribution >= 4 is 18.3 Å². The highest BCUT2D eigenvalue weighted by Crippen LogP contribution is 2.28. The monoisotopic (exact) mass is 364 g/mol. The maximum atomic E-state index is 12.8. The topological polar surface area (TPSA) is 64.8 Å². The lowest BCUT2D eigenvalue weighted by Gasteiger charge is -2.22. The van der Waals surface area contributed by atoms with Crippen LogP contribution in [-0.2, 0) is 6.42 Å². The van der Waals surface area contributed by atoms with E-state index >= 15 is 0 Å². The Balaban J connectivity index is 0.00000312. The normalized spacial score (nSPS) is 9.88. The van der Waals surface area contributed by atoms with Gasteiger partial charge in [-0.05, 0) is 30.2 Å². The summed E-state index contributed by atoms with van der Waals surface area (Å²) in [5.74, 6) is 1.08. The highest BCUT2D eigenvalue weighted by molar-refractivity contribution is 5.95. The van der Waals surface area contributed by atoms with E-state index in [1.54, 1.807) is 37.3 Å². The first kappa shape index (κ1) is 20.8. The molecule has 5 nitrogen and oxygen atoms in total. The minimum atomic E-state index is -0.0580. The van der Waals surface area contributed by atoms with Gasteiger partial charge in [0, 0.05) is 25.2 Å². The van der Waals surface area contributed by atoms with Crippen LogP contribution in [0.1, 0.15) is 15.9 Å². The number of benzene rings is 2. The number of halogens is 1. The van der Waals surface area contributed by atoms with E-state index in [1.165, 1.54) is 5.56 Å². The maximum Gasteiger partial charge on any atom is 0.254 e. The zero-order chi connectivity index (χ0) is 17.4. The van der Waals surface area contributed by atoms with Gasteiger partial charge in [-0.1, -0.05) is 30.3 Å². The second-order valence-electron chi connectivity index (χ2n) is 5.39. The van der Waals surface area contributed by atoms with Gasteiger partial charge in [0.2, 0.25) is 0 Å². The Morgan fingerprint density at radius 1 is 1.00 bits per heavy atom. The molecule has 0 atom stereocenters. The number of nitrogens with two attached hydrogens (primary N) is 1. The van der Waals surface area contributed by atoms with Gasteiger partial charge in [-0.3, -0.25) is 4.79 Å². The molecule has 0 unspecified atom stereocenters. The summed E-state index contributed by atoms with van der Waals surface area (Å²) >= 11 is 0. The third-order valence-electron chi connectivity index (χ3n) is 3.83. The molecule has 0 aliphatic rings. The molecule has 0 spiro atoms. The summed E-state index contributed by atoms with van der Waals surface area (Å²) < 4.78 is 10.5. The number of carbonyl (C=O) groups excluding carboxylic acids is 1. The van der Waals surface area contributed by atoms with Crippen molar-refractivity contribution in [1.82, 2.24) is 4.90 Å². The van der Waals surface area contributed by atoms with Gasteiger partial charge < -0.3 is 20.1 Å². The highest BCUT2D eigenvalue weighted by Gasteiger charge is 2.17. The molecule has 2 N–H and O–H groups in total. The van der Waals surface area contributed by atoms with Crippen molar-refractivity contribution in [3.05, 3.63) is 59.7 Å². The molecule has 2 aromatic carbocycles. The Hall–Kier alpha value is -2.24. The lowest BCUT2D eigenvalue weighted by Crippen LogP contribution is -2.37. The Morgan fingerprint density at radius 3 is 2.28 bits per heavy atom. The van der Waals surface area contributed by atoms with E-state index in [4.69, 9.17) is 15.2 Å². The second kappa shape index (κ2) is 10.6. The molecule has 0 aliphatic carbocycles. The van der Waals surface area contributed by atoms with Crippen LogP contribution in [0.25, 0.3) is 0 Å². The van der Waals surface area contributed by atoms with Crippen LogP contribution in [0.3, 0.4) is 0 Å². The van der Waals surface area contributed by atoms with Crippen molar-refractivity contribution in [3.63, 3.8) is 0 Å². The zero-order valence-corrected chi connectivity index (χ0v) is 15.4. The van der Waals surface area contributed by atoms with Gasteiger partial charge in [0.15, 0.2) is 11.5 Å². The zero-order valence-electron chi connectivity index (χ0n) is 14.6. The lowest BCUT2D eigenvalue weighted by atomic mass is 10.1. The molecule has 2 rings (SSSR count). The summed E-state index contributed by atoms with van der Waals surface area (Å²) in [6, 6.07) is 15.3. The van der Waals surface area contributed by atoms with Crippen LogP contribution >= 0.6 is 12.4 Å². The predicted molar refractivity (Wildman–Crippen MR) is 102 cm³/mol. The van der Waals surface area contributed by atoms with E-state index in [2.05, 4.69) is 12.1 Å². The van der Waals surface area contributed by atoms with Gasteiger partial charge in [-0.15, -0.1) is 12.4 Å². The molecule has 0 saturated heterocycles. The highest BCUT2D eigenvalue weighted by atomic mass is 35.5. The van der Waals surface area contributed by atoms with Gasteiger partial charge >= 0.3 is 0 Å². The van der Waals surface area contributed by atoms with Gasteiger partial charge in [0.1, 0.15) is 0 Å². The largest absolute Gasteiger partial charge is 0.493 e. The van der Waals surface area contributed by atoms with Crippen LogP contribution in [0.5, 0.6) is 11.5 Å². The Kier molecular flexibility index (Phi) is 8.81. The molecular weight excluding hydrogens is 340 g/mol. The molecule has 2 aromatic rings. The van der Waals surface area contributed by atoms with E-state index in [9.17, 15) is 4.79 Å². The van der Waals surface area contributed by atoms with Crippen LogP contribution in [-0.4, -0.2) is 44.7 Å². The van der Waals surface area contributed by atoms with Crippen LogP contribution in [0.2, 0.25) is 0 Å². The fourth-order valence-corrected chi connectivity index (χ4v) is 2.53. The summed E-state index contributed by atoms with van der Waals surface area (Å²) in [4.78, 5) is 14.6. The van der Waals surface area contributed by atoms with E-state index in [-0.39, 0.29) is 18.3 Å². The standard InChI is InChI=1S/C19H24N2O3.ClH/c1-23-17-9-8-16(14-18(17)24-2)19(22)21(13-11-20)12-10-15-6-4-3-5-7-15;/h3-9,14H,10-13,20H2,1-2H3;1H. The quantitative estimate of drug-likeness (QED) is 0.782. The minimum Gasteiger partial charge on any atom is -0.493 e. The van der Waals surface area contributed by atoms with E-state index in [0.717, 1.165) is 6.42 Å². The summed E-state index contributed by atoms with van der Waals surface area (Å²) in [6.07, 6.45) is 0.792. The fraction of sp³-hybridized carbons (Fsp3) is 0.316. The van der Waals surface area contributed by atoms with Gasteiger partial charge in [0.25, 0.3) is 5.91 Å². The average Bonchev–Trinajstić information content (AvgIpc) is 2.64. The smallest absolute Gasteiger partial charge is 0.254 e. The van der Waals surface area contributed by atoms with Crippen LogP contribution in [0.4, 0.5) is 0 Å². The number of nitrogens with zero attached hydrogens (tertiary/aromatic N) is 1. The molecule has 0 heterocycles. The van der Waals surface area contributed by atoms with Crippen molar-refractivity contribution in [3.8, 4) is 11.5 Å². The number of carbonyl (C=O) groups is 1. The molecule has 0 bridgehead atoms. The van der Waals surface area contributed by atoms with E-state index < -0.39 is 0 Å². The number of methoxy groups -OCH3 is 2. The van der Waals surface area contributed by atoms with Gasteiger partial charge in [-0.25, -0.2) is 0 Å². The molecule has 0 aliphatic heterocycles. The first-order valence-corrected chi connectivity index (χ1v) is 7.95. The Bertz CT molecular complexity index is 665. The molecule has 0 fully saturated rings. The SMILES string of the molecule is COc1ccc(C(=O)N(CCN)CCc2ccccc2)cc1OC.Cl. The van der Waals surface area contributed by atoms with Crippen molar-refractivity contribution in [1.29, 1.82) is 0 Å². The average molecular weight is 365 g/mol. The molecule has 136 valence electrons. The molecule has 6 heteroatoms.